The summed E-state index contributed by atoms with van der Waals surface area (Å²) in [6.07, 6.45) is -0.157. The Bertz CT molecular complexity index is 2060. The van der Waals surface area contributed by atoms with Crippen LogP contribution in [-0.2, 0) is 17.8 Å². The van der Waals surface area contributed by atoms with Crippen LogP contribution in [0, 0.1) is 40.0 Å². The fourth-order valence-corrected chi connectivity index (χ4v) is 5.42. The molecular formula is C33H25F4N5O4. The highest BCUT2D eigenvalue weighted by atomic mass is 19.1. The molecule has 1 saturated heterocycles. The Kier molecular flexibility index (Phi) is 7.91. The molecule has 0 unspecified atom stereocenters. The lowest BCUT2D eigenvalue weighted by Gasteiger charge is -2.27. The fourth-order valence-electron chi connectivity index (χ4n) is 5.42. The van der Waals surface area contributed by atoms with Gasteiger partial charge in [-0.3, -0.25) is 0 Å². The normalized spacial score (nSPS) is 15.6. The molecule has 9 nitrogen and oxygen atoms in total. The largest absolute Gasteiger partial charge is 0.477 e. The summed E-state index contributed by atoms with van der Waals surface area (Å²) >= 11 is 0. The number of carboxylic acid groups (broad SMARTS) is 1. The van der Waals surface area contributed by atoms with Crippen LogP contribution in [0.2, 0.25) is 0 Å². The Balaban J connectivity index is 1.32. The Morgan fingerprint density at radius 1 is 1.00 bits per heavy atom. The Morgan fingerprint density at radius 3 is 2.48 bits per heavy atom. The van der Waals surface area contributed by atoms with Crippen molar-refractivity contribution in [1.82, 2.24) is 19.5 Å². The second kappa shape index (κ2) is 11.9. The van der Waals surface area contributed by atoms with Gasteiger partial charge in [0.1, 0.15) is 35.4 Å². The van der Waals surface area contributed by atoms with Crippen LogP contribution < -0.4 is 4.74 Å². The molecule has 234 valence electrons. The van der Waals surface area contributed by atoms with E-state index in [1.54, 1.807) is 4.57 Å². The van der Waals surface area contributed by atoms with Gasteiger partial charge in [0.25, 0.3) is 5.88 Å². The molecule has 6 rings (SSSR count). The van der Waals surface area contributed by atoms with E-state index >= 15 is 8.78 Å². The van der Waals surface area contributed by atoms with Crippen LogP contribution in [0.3, 0.4) is 0 Å². The van der Waals surface area contributed by atoms with Gasteiger partial charge in [0, 0.05) is 23.0 Å². The van der Waals surface area contributed by atoms with Crippen molar-refractivity contribution >= 4 is 17.1 Å². The molecule has 0 aliphatic carbocycles. The van der Waals surface area contributed by atoms with Crippen molar-refractivity contribution in [3.05, 3.63) is 106 Å². The van der Waals surface area contributed by atoms with Gasteiger partial charge in [-0.2, -0.15) is 5.26 Å². The van der Waals surface area contributed by atoms with Crippen LogP contribution in [0.25, 0.3) is 22.4 Å². The monoisotopic (exact) mass is 631 g/mol. The highest BCUT2D eigenvalue weighted by Gasteiger charge is 2.39. The molecule has 0 spiro atoms. The third-order valence-electron chi connectivity index (χ3n) is 7.91. The molecule has 1 aliphatic rings. The summed E-state index contributed by atoms with van der Waals surface area (Å²) in [4.78, 5) is 24.5. The van der Waals surface area contributed by atoms with Crippen molar-refractivity contribution in [3.8, 4) is 23.2 Å². The summed E-state index contributed by atoms with van der Waals surface area (Å²) in [5.41, 5.74) is -0.171. The van der Waals surface area contributed by atoms with E-state index in [4.69, 9.17) is 14.7 Å². The Morgan fingerprint density at radius 2 is 1.78 bits per heavy atom. The van der Waals surface area contributed by atoms with E-state index < -0.39 is 47.1 Å². The van der Waals surface area contributed by atoms with Gasteiger partial charge >= 0.3 is 5.97 Å². The maximum absolute atomic E-state index is 15.6. The minimum atomic E-state index is -1.22. The first-order valence-corrected chi connectivity index (χ1v) is 14.1. The van der Waals surface area contributed by atoms with Crippen molar-refractivity contribution in [2.24, 2.45) is 5.41 Å². The summed E-state index contributed by atoms with van der Waals surface area (Å²) in [5.74, 6) is -4.69. The number of fused-ring (bicyclic) bond motifs is 1. The van der Waals surface area contributed by atoms with Crippen molar-refractivity contribution < 1.29 is 36.9 Å². The Labute approximate surface area is 259 Å². The van der Waals surface area contributed by atoms with Crippen LogP contribution in [-0.4, -0.2) is 43.8 Å². The summed E-state index contributed by atoms with van der Waals surface area (Å²) in [5, 5.41) is 18.4. The average molecular weight is 632 g/mol. The molecule has 0 amide bonds. The van der Waals surface area contributed by atoms with Gasteiger partial charge in [0.15, 0.2) is 17.2 Å². The van der Waals surface area contributed by atoms with Gasteiger partial charge in [0.05, 0.1) is 36.6 Å². The third kappa shape index (κ3) is 5.75. The van der Waals surface area contributed by atoms with E-state index in [2.05, 4.69) is 15.0 Å². The number of aromatic nitrogens is 4. The molecule has 2 aromatic carbocycles. The number of benzene rings is 2. The lowest BCUT2D eigenvalue weighted by atomic mass is 9.87. The van der Waals surface area contributed by atoms with E-state index in [9.17, 15) is 18.7 Å². The average Bonchev–Trinajstić information content (AvgIpc) is 3.55. The number of aromatic carboxylic acids is 1. The molecule has 1 N–H and O–H groups in total. The number of hydrogen-bond donors (Lipinski definition) is 1. The first-order valence-electron chi connectivity index (χ1n) is 14.1. The second-order valence-corrected chi connectivity index (χ2v) is 11.6. The molecule has 4 heterocycles. The number of pyridine rings is 2. The Hall–Kier alpha value is -5.35. The maximum Gasteiger partial charge on any atom is 0.354 e. The van der Waals surface area contributed by atoms with Gasteiger partial charge in [-0.1, -0.05) is 19.9 Å². The van der Waals surface area contributed by atoms with Crippen LogP contribution >= 0.6 is 0 Å². The summed E-state index contributed by atoms with van der Waals surface area (Å²) in [6, 6.07) is 12.1. The minimum absolute atomic E-state index is 0.0390. The fraction of sp³-hybridized carbons (Fsp3) is 0.242. The lowest BCUT2D eigenvalue weighted by molar-refractivity contribution is 0.0690. The highest BCUT2D eigenvalue weighted by Crippen LogP contribution is 2.40. The molecule has 46 heavy (non-hydrogen) atoms. The predicted octanol–water partition coefficient (Wildman–Crippen LogP) is 6.39. The van der Waals surface area contributed by atoms with E-state index in [1.165, 1.54) is 24.3 Å². The van der Waals surface area contributed by atoms with Crippen LogP contribution in [0.1, 0.15) is 52.9 Å². The second-order valence-electron chi connectivity index (χ2n) is 11.6. The zero-order chi connectivity index (χ0) is 32.7. The van der Waals surface area contributed by atoms with Gasteiger partial charge < -0.3 is 19.1 Å². The predicted molar refractivity (Wildman–Crippen MR) is 156 cm³/mol. The zero-order valence-corrected chi connectivity index (χ0v) is 24.5. The minimum Gasteiger partial charge on any atom is -0.477 e. The summed E-state index contributed by atoms with van der Waals surface area (Å²) in [7, 11) is 0. The highest BCUT2D eigenvalue weighted by molar-refractivity contribution is 5.88. The third-order valence-corrected chi connectivity index (χ3v) is 7.91. The molecule has 1 fully saturated rings. The number of imidazole rings is 1. The smallest absolute Gasteiger partial charge is 0.354 e. The molecule has 1 aliphatic heterocycles. The maximum atomic E-state index is 15.6. The van der Waals surface area contributed by atoms with Crippen molar-refractivity contribution in [2.45, 2.75) is 32.9 Å². The van der Waals surface area contributed by atoms with Crippen LogP contribution in [0.4, 0.5) is 17.6 Å². The molecule has 0 bridgehead atoms. The number of hydrogen-bond acceptors (Lipinski definition) is 7. The van der Waals surface area contributed by atoms with Crippen molar-refractivity contribution in [2.75, 3.05) is 13.2 Å². The topological polar surface area (TPSA) is 123 Å². The number of nitriles is 1. The van der Waals surface area contributed by atoms with E-state index in [0.29, 0.717) is 30.2 Å². The first kappa shape index (κ1) is 30.7. The first-order chi connectivity index (χ1) is 21.9. The van der Waals surface area contributed by atoms with Gasteiger partial charge in [-0.25, -0.2) is 37.3 Å². The number of carbonyl (C=O) groups is 1. The SMILES string of the molecule is CC1(C)COC[C@H]1n1c(Cc2cc(F)c(-c3ccc(F)c(OCc4ccc(C#N)cc4F)n3)cc2F)nc2ccc(C(=O)O)nc21. The number of nitrogens with zero attached hydrogens (tertiary/aromatic N) is 5. The molecule has 1 atom stereocenters. The molecule has 13 heteroatoms. The van der Waals surface area contributed by atoms with E-state index in [1.807, 2.05) is 19.9 Å². The van der Waals surface area contributed by atoms with Crippen molar-refractivity contribution in [1.29, 1.82) is 5.26 Å². The van der Waals surface area contributed by atoms with Crippen molar-refractivity contribution in [3.63, 3.8) is 0 Å². The zero-order valence-electron chi connectivity index (χ0n) is 24.5. The number of rotatable bonds is 8. The number of ether oxygens (including phenoxy) is 2. The van der Waals surface area contributed by atoms with Gasteiger partial charge in [-0.15, -0.1) is 0 Å². The van der Waals surface area contributed by atoms with E-state index in [0.717, 1.165) is 30.3 Å². The lowest BCUT2D eigenvalue weighted by Crippen LogP contribution is -2.27. The number of carboxylic acids is 1. The standard InChI is InChI=1S/C33H25F4N5O4/c1-33(2)16-45-15-28(33)42-29(39-26-7-8-27(32(43)44)40-30(26)42)11-19-10-24(37)20(12-23(19)36)25-6-5-21(34)31(41-25)46-14-18-4-3-17(13-38)9-22(18)35/h3-10,12,28H,11,14-16H2,1-2H3,(H,43,44)/t28-/m1/s1. The van der Waals surface area contributed by atoms with Crippen LogP contribution in [0.5, 0.6) is 5.88 Å². The molecule has 5 aromatic rings. The molecular weight excluding hydrogens is 606 g/mol. The molecule has 3 aromatic heterocycles. The van der Waals surface area contributed by atoms with Gasteiger partial charge in [0.2, 0.25) is 0 Å². The summed E-state index contributed by atoms with van der Waals surface area (Å²) in [6.45, 7) is 4.24. The van der Waals surface area contributed by atoms with Gasteiger partial charge in [-0.05, 0) is 54.1 Å². The number of halogens is 4. The molecule has 0 radical (unpaired) electrons. The quantitative estimate of drug-likeness (QED) is 0.196. The molecule has 0 saturated carbocycles. The van der Waals surface area contributed by atoms with Crippen LogP contribution in [0.15, 0.2) is 54.6 Å². The van der Waals surface area contributed by atoms with E-state index in [-0.39, 0.29) is 46.1 Å². The summed E-state index contributed by atoms with van der Waals surface area (Å²) < 4.78 is 72.8.